The van der Waals surface area contributed by atoms with Gasteiger partial charge >= 0.3 is 5.97 Å². The number of hydrogen-bond donors (Lipinski definition) is 2. The predicted molar refractivity (Wildman–Crippen MR) is 86.0 cm³/mol. The van der Waals surface area contributed by atoms with Crippen molar-refractivity contribution in [1.82, 2.24) is 0 Å². The van der Waals surface area contributed by atoms with Gasteiger partial charge in [-0.05, 0) is 23.3 Å². The molecule has 2 aromatic carbocycles. The minimum Gasteiger partial charge on any atom is -0.493 e. The Labute approximate surface area is 136 Å². The summed E-state index contributed by atoms with van der Waals surface area (Å²) < 4.78 is 11.6. The van der Waals surface area contributed by atoms with Crippen LogP contribution in [-0.2, 0) is 11.4 Å². The van der Waals surface area contributed by atoms with Gasteiger partial charge in [-0.15, -0.1) is 0 Å². The van der Waals surface area contributed by atoms with Crippen molar-refractivity contribution in [1.29, 1.82) is 0 Å². The van der Waals surface area contributed by atoms with Crippen LogP contribution in [0.2, 0.25) is 0 Å². The number of carboxylic acid groups (broad SMARTS) is 1. The summed E-state index contributed by atoms with van der Waals surface area (Å²) >= 11 is 3.33. The summed E-state index contributed by atoms with van der Waals surface area (Å²) in [7, 11) is 1.49. The van der Waals surface area contributed by atoms with Gasteiger partial charge in [-0.1, -0.05) is 46.3 Å². The van der Waals surface area contributed by atoms with Crippen molar-refractivity contribution in [2.75, 3.05) is 7.11 Å². The fraction of sp³-hybridized carbons (Fsp3) is 0.188. The molecule has 0 aromatic heterocycles. The quantitative estimate of drug-likeness (QED) is 0.821. The van der Waals surface area contributed by atoms with E-state index < -0.39 is 12.0 Å². The van der Waals surface area contributed by atoms with Gasteiger partial charge in [0.05, 0.1) is 7.11 Å². The number of benzene rings is 2. The van der Waals surface area contributed by atoms with Gasteiger partial charge in [0.1, 0.15) is 12.6 Å². The van der Waals surface area contributed by atoms with E-state index in [1.165, 1.54) is 7.11 Å². The number of methoxy groups -OCH3 is 1. The van der Waals surface area contributed by atoms with Crippen molar-refractivity contribution in [3.05, 3.63) is 58.1 Å². The molecule has 0 aliphatic heterocycles. The molecule has 0 fully saturated rings. The number of aliphatic carboxylic acids is 1. The highest BCUT2D eigenvalue weighted by atomic mass is 79.9. The van der Waals surface area contributed by atoms with E-state index in [9.17, 15) is 4.79 Å². The summed E-state index contributed by atoms with van der Waals surface area (Å²) in [5.74, 6) is -0.161. The van der Waals surface area contributed by atoms with Crippen LogP contribution in [-0.4, -0.2) is 18.2 Å². The lowest BCUT2D eigenvalue weighted by Crippen LogP contribution is -2.21. The normalized spacial score (nSPS) is 11.8. The molecular weight excluding hydrogens is 350 g/mol. The molecule has 2 rings (SSSR count). The highest BCUT2D eigenvalue weighted by molar-refractivity contribution is 9.10. The van der Waals surface area contributed by atoms with Gasteiger partial charge in [0.25, 0.3) is 0 Å². The summed E-state index contributed by atoms with van der Waals surface area (Å²) in [5.41, 5.74) is 7.10. The Morgan fingerprint density at radius 2 is 1.95 bits per heavy atom. The molecule has 0 amide bonds. The highest BCUT2D eigenvalue weighted by Gasteiger charge is 2.20. The monoisotopic (exact) mass is 365 g/mol. The molecule has 0 spiro atoms. The van der Waals surface area contributed by atoms with E-state index in [0.717, 1.165) is 5.56 Å². The van der Waals surface area contributed by atoms with Gasteiger partial charge in [0, 0.05) is 4.47 Å². The largest absolute Gasteiger partial charge is 0.493 e. The molecule has 0 saturated heterocycles. The summed E-state index contributed by atoms with van der Waals surface area (Å²) in [6.07, 6.45) is 0. The summed E-state index contributed by atoms with van der Waals surface area (Å²) in [6, 6.07) is 11.8. The van der Waals surface area contributed by atoms with Crippen LogP contribution in [0.15, 0.2) is 46.9 Å². The molecule has 5 nitrogen and oxygen atoms in total. The van der Waals surface area contributed by atoms with Gasteiger partial charge in [-0.3, -0.25) is 4.79 Å². The Balaban J connectivity index is 2.25. The maximum absolute atomic E-state index is 11.0. The molecule has 1 unspecified atom stereocenters. The van der Waals surface area contributed by atoms with E-state index in [2.05, 4.69) is 15.9 Å². The van der Waals surface area contributed by atoms with Crippen LogP contribution in [0.3, 0.4) is 0 Å². The predicted octanol–water partition coefficient (Wildman–Crippen LogP) is 3.12. The van der Waals surface area contributed by atoms with Crippen molar-refractivity contribution in [2.45, 2.75) is 12.6 Å². The molecule has 116 valence electrons. The van der Waals surface area contributed by atoms with Crippen molar-refractivity contribution in [3.63, 3.8) is 0 Å². The number of carboxylic acids is 1. The van der Waals surface area contributed by atoms with E-state index in [1.807, 2.05) is 30.3 Å². The second-order valence-electron chi connectivity index (χ2n) is 4.61. The maximum atomic E-state index is 11.0. The van der Waals surface area contributed by atoms with Crippen molar-refractivity contribution in [3.8, 4) is 11.5 Å². The molecule has 6 heteroatoms. The average Bonchev–Trinajstić information content (AvgIpc) is 2.53. The van der Waals surface area contributed by atoms with Crippen LogP contribution in [0, 0.1) is 0 Å². The first kappa shape index (κ1) is 16.3. The van der Waals surface area contributed by atoms with Crippen LogP contribution in [0.5, 0.6) is 11.5 Å². The van der Waals surface area contributed by atoms with Gasteiger partial charge in [-0.25, -0.2) is 0 Å². The first-order valence-corrected chi connectivity index (χ1v) is 7.34. The third-order valence-electron chi connectivity index (χ3n) is 3.12. The molecule has 0 radical (unpaired) electrons. The standard InChI is InChI=1S/C16H16BrNO4/c1-21-13-7-11(15(18)16(19)20)12(17)8-14(13)22-9-10-5-3-2-4-6-10/h2-8,15H,9,18H2,1H3,(H,19,20). The Kier molecular flexibility index (Phi) is 5.41. The van der Waals surface area contributed by atoms with Gasteiger partial charge in [-0.2, -0.15) is 0 Å². The zero-order chi connectivity index (χ0) is 16.1. The van der Waals surface area contributed by atoms with Crippen LogP contribution in [0.1, 0.15) is 17.2 Å². The van der Waals surface area contributed by atoms with Gasteiger partial charge in [0.2, 0.25) is 0 Å². The molecule has 0 aliphatic carbocycles. The summed E-state index contributed by atoms with van der Waals surface area (Å²) in [5, 5.41) is 9.03. The first-order valence-electron chi connectivity index (χ1n) is 6.55. The van der Waals surface area contributed by atoms with Crippen LogP contribution in [0.25, 0.3) is 0 Å². The van der Waals surface area contributed by atoms with Crippen LogP contribution < -0.4 is 15.2 Å². The zero-order valence-electron chi connectivity index (χ0n) is 12.0. The number of ether oxygens (including phenoxy) is 2. The molecule has 22 heavy (non-hydrogen) atoms. The van der Waals surface area contributed by atoms with E-state index in [-0.39, 0.29) is 0 Å². The second kappa shape index (κ2) is 7.29. The highest BCUT2D eigenvalue weighted by Crippen LogP contribution is 2.36. The Hall–Kier alpha value is -2.05. The number of rotatable bonds is 6. The maximum Gasteiger partial charge on any atom is 0.325 e. The molecule has 0 bridgehead atoms. The lowest BCUT2D eigenvalue weighted by Gasteiger charge is -2.15. The fourth-order valence-corrected chi connectivity index (χ4v) is 2.50. The van der Waals surface area contributed by atoms with E-state index in [4.69, 9.17) is 20.3 Å². The van der Waals surface area contributed by atoms with Crippen molar-refractivity contribution >= 4 is 21.9 Å². The van der Waals surface area contributed by atoms with Crippen LogP contribution in [0.4, 0.5) is 0 Å². The van der Waals surface area contributed by atoms with Gasteiger partial charge in [0.15, 0.2) is 11.5 Å². The van der Waals surface area contributed by atoms with E-state index in [1.54, 1.807) is 12.1 Å². The van der Waals surface area contributed by atoms with Crippen molar-refractivity contribution < 1.29 is 19.4 Å². The molecular formula is C16H16BrNO4. The Morgan fingerprint density at radius 3 is 2.55 bits per heavy atom. The smallest absolute Gasteiger partial charge is 0.325 e. The zero-order valence-corrected chi connectivity index (χ0v) is 13.5. The Morgan fingerprint density at radius 1 is 1.27 bits per heavy atom. The second-order valence-corrected chi connectivity index (χ2v) is 5.47. The summed E-state index contributed by atoms with van der Waals surface area (Å²) in [4.78, 5) is 11.0. The van der Waals surface area contributed by atoms with E-state index in [0.29, 0.717) is 28.1 Å². The SMILES string of the molecule is COc1cc(C(N)C(=O)O)c(Br)cc1OCc1ccccc1. The van der Waals surface area contributed by atoms with Crippen molar-refractivity contribution in [2.24, 2.45) is 5.73 Å². The molecule has 3 N–H and O–H groups in total. The topological polar surface area (TPSA) is 81.8 Å². The third-order valence-corrected chi connectivity index (χ3v) is 3.81. The first-order chi connectivity index (χ1) is 10.5. The van der Waals surface area contributed by atoms with Gasteiger partial charge < -0.3 is 20.3 Å². The summed E-state index contributed by atoms with van der Waals surface area (Å²) in [6.45, 7) is 0.383. The lowest BCUT2D eigenvalue weighted by molar-refractivity contribution is -0.138. The number of nitrogens with two attached hydrogens (primary N) is 1. The molecule has 0 saturated carbocycles. The molecule has 0 aliphatic rings. The lowest BCUT2D eigenvalue weighted by atomic mass is 10.1. The number of halogens is 1. The van der Waals surface area contributed by atoms with Crippen LogP contribution >= 0.6 is 15.9 Å². The average molecular weight is 366 g/mol. The molecule has 0 heterocycles. The minimum absolute atomic E-state index is 0.383. The van der Waals surface area contributed by atoms with E-state index >= 15 is 0 Å². The third kappa shape index (κ3) is 3.78. The minimum atomic E-state index is -1.13. The fourth-order valence-electron chi connectivity index (χ4n) is 1.93. The number of hydrogen-bond acceptors (Lipinski definition) is 4. The molecule has 1 atom stereocenters. The number of carbonyl (C=O) groups is 1. The molecule has 2 aromatic rings. The Bertz CT molecular complexity index is 661.